The molecule has 2 N–H and O–H groups in total. The molecule has 1 aliphatic rings. The molecule has 2 amide bonds. The Hall–Kier alpha value is -1.53. The molecule has 1 atom stereocenters. The van der Waals surface area contributed by atoms with Crippen LogP contribution in [0.2, 0.25) is 5.02 Å². The maximum atomic E-state index is 12.1. The lowest BCUT2D eigenvalue weighted by molar-refractivity contribution is -0.122. The number of carbonyl (C=O) groups is 2. The van der Waals surface area contributed by atoms with Crippen molar-refractivity contribution < 1.29 is 9.59 Å². The van der Waals surface area contributed by atoms with Gasteiger partial charge in [-0.15, -0.1) is 0 Å². The average Bonchev–Trinajstić information content (AvgIpc) is 2.82. The first-order chi connectivity index (χ1) is 11.3. The Bertz CT molecular complexity index is 661. The van der Waals surface area contributed by atoms with E-state index in [2.05, 4.69) is 29.5 Å². The summed E-state index contributed by atoms with van der Waals surface area (Å²) in [4.78, 5) is 28.5. The zero-order valence-electron chi connectivity index (χ0n) is 14.1. The molecule has 130 valence electrons. The number of amides is 2. The molecule has 0 spiro atoms. The Labute approximate surface area is 151 Å². The van der Waals surface area contributed by atoms with Crippen molar-refractivity contribution in [2.75, 3.05) is 11.9 Å². The van der Waals surface area contributed by atoms with Gasteiger partial charge in [-0.3, -0.25) is 14.6 Å². The Morgan fingerprint density at radius 3 is 2.88 bits per heavy atom. The van der Waals surface area contributed by atoms with Gasteiger partial charge in [0, 0.05) is 23.7 Å². The monoisotopic (exact) mass is 367 g/mol. The summed E-state index contributed by atoms with van der Waals surface area (Å²) < 4.78 is 0. The summed E-state index contributed by atoms with van der Waals surface area (Å²) >= 11 is 7.36. The summed E-state index contributed by atoms with van der Waals surface area (Å²) in [5.41, 5.74) is 1.58. The van der Waals surface area contributed by atoms with Crippen molar-refractivity contribution in [2.45, 2.75) is 38.9 Å². The molecule has 7 heteroatoms. The largest absolute Gasteiger partial charge is 0.326 e. The lowest BCUT2D eigenvalue weighted by atomic mass is 10.1. The third kappa shape index (κ3) is 5.53. The van der Waals surface area contributed by atoms with E-state index in [0.717, 1.165) is 12.0 Å². The summed E-state index contributed by atoms with van der Waals surface area (Å²) in [5.74, 6) is 0.186. The van der Waals surface area contributed by atoms with Crippen LogP contribution in [0.4, 0.5) is 5.69 Å². The second kappa shape index (κ2) is 8.53. The molecule has 0 unspecified atom stereocenters. The standard InChI is InChI=1S/C17H22ClN3O2S/c1-10(2)6-7-19-17-21-16(23)14(24-17)9-15(22)20-12-5-4-11(3)13(18)8-12/h4-5,8,10,14H,6-7,9H2,1-3H3,(H,20,22)(H,19,21,23)/t14-/m1/s1. The summed E-state index contributed by atoms with van der Waals surface area (Å²) in [7, 11) is 0. The molecular formula is C17H22ClN3O2S. The first-order valence-corrected chi connectivity index (χ1v) is 9.19. The summed E-state index contributed by atoms with van der Waals surface area (Å²) in [6.07, 6.45) is 1.07. The molecule has 1 heterocycles. The number of aliphatic imine (C=N–C) groups is 1. The fraction of sp³-hybridized carbons (Fsp3) is 0.471. The lowest BCUT2D eigenvalue weighted by Crippen LogP contribution is -2.28. The molecule has 1 aliphatic heterocycles. The van der Waals surface area contributed by atoms with Crippen LogP contribution < -0.4 is 10.6 Å². The highest BCUT2D eigenvalue weighted by Crippen LogP contribution is 2.24. The number of benzene rings is 1. The van der Waals surface area contributed by atoms with E-state index < -0.39 is 5.25 Å². The minimum absolute atomic E-state index is 0.102. The minimum atomic E-state index is -0.441. The Morgan fingerprint density at radius 2 is 2.21 bits per heavy atom. The van der Waals surface area contributed by atoms with Gasteiger partial charge in [0.25, 0.3) is 0 Å². The van der Waals surface area contributed by atoms with Gasteiger partial charge in [-0.2, -0.15) is 0 Å². The van der Waals surface area contributed by atoms with Gasteiger partial charge in [0.05, 0.1) is 0 Å². The third-order valence-corrected chi connectivity index (χ3v) is 5.09. The first kappa shape index (κ1) is 18.8. The van der Waals surface area contributed by atoms with Crippen molar-refractivity contribution in [2.24, 2.45) is 10.9 Å². The van der Waals surface area contributed by atoms with E-state index in [1.165, 1.54) is 11.8 Å². The SMILES string of the molecule is Cc1ccc(NC(=O)C[C@H]2SC(=NCCC(C)C)NC2=O)cc1Cl. The number of hydrogen-bond donors (Lipinski definition) is 2. The van der Waals surface area contributed by atoms with Crippen LogP contribution in [0.3, 0.4) is 0 Å². The van der Waals surface area contributed by atoms with Gasteiger partial charge in [-0.05, 0) is 37.0 Å². The van der Waals surface area contributed by atoms with Crippen LogP contribution in [-0.2, 0) is 9.59 Å². The van der Waals surface area contributed by atoms with Gasteiger partial charge in [-0.1, -0.05) is 43.3 Å². The summed E-state index contributed by atoms with van der Waals surface area (Å²) in [5, 5.41) is 6.27. The van der Waals surface area contributed by atoms with Crippen molar-refractivity contribution in [3.05, 3.63) is 28.8 Å². The second-order valence-electron chi connectivity index (χ2n) is 6.18. The lowest BCUT2D eigenvalue weighted by Gasteiger charge is -2.08. The molecule has 0 saturated carbocycles. The van der Waals surface area contributed by atoms with Crippen molar-refractivity contribution in [1.82, 2.24) is 5.32 Å². The molecule has 1 saturated heterocycles. The quantitative estimate of drug-likeness (QED) is 0.806. The van der Waals surface area contributed by atoms with Gasteiger partial charge in [0.2, 0.25) is 11.8 Å². The maximum Gasteiger partial charge on any atom is 0.240 e. The summed E-state index contributed by atoms with van der Waals surface area (Å²) in [6, 6.07) is 5.34. The smallest absolute Gasteiger partial charge is 0.240 e. The van der Waals surface area contributed by atoms with Crippen LogP contribution in [-0.4, -0.2) is 28.8 Å². The van der Waals surface area contributed by atoms with Gasteiger partial charge in [-0.25, -0.2) is 0 Å². The van der Waals surface area contributed by atoms with E-state index in [9.17, 15) is 9.59 Å². The fourth-order valence-corrected chi connectivity index (χ4v) is 3.27. The van der Waals surface area contributed by atoms with Crippen molar-refractivity contribution in [3.63, 3.8) is 0 Å². The number of aryl methyl sites for hydroxylation is 1. The first-order valence-electron chi connectivity index (χ1n) is 7.93. The van der Waals surface area contributed by atoms with Crippen LogP contribution >= 0.6 is 23.4 Å². The molecule has 0 aromatic heterocycles. The van der Waals surface area contributed by atoms with E-state index in [4.69, 9.17) is 11.6 Å². The molecule has 2 rings (SSSR count). The number of nitrogens with zero attached hydrogens (tertiary/aromatic N) is 1. The molecule has 0 bridgehead atoms. The normalized spacial score (nSPS) is 19.0. The second-order valence-corrected chi connectivity index (χ2v) is 7.78. The fourth-order valence-electron chi connectivity index (χ4n) is 2.09. The van der Waals surface area contributed by atoms with Crippen LogP contribution in [0.5, 0.6) is 0 Å². The zero-order chi connectivity index (χ0) is 17.7. The highest BCUT2D eigenvalue weighted by atomic mass is 35.5. The molecule has 1 aromatic carbocycles. The van der Waals surface area contributed by atoms with Crippen LogP contribution in [0, 0.1) is 12.8 Å². The number of amidine groups is 1. The van der Waals surface area contributed by atoms with E-state index in [0.29, 0.717) is 28.3 Å². The molecule has 5 nitrogen and oxygen atoms in total. The Balaban J connectivity index is 1.87. The third-order valence-electron chi connectivity index (χ3n) is 3.56. The Kier molecular flexibility index (Phi) is 6.69. The number of carbonyl (C=O) groups excluding carboxylic acids is 2. The van der Waals surface area contributed by atoms with Gasteiger partial charge in [0.1, 0.15) is 5.25 Å². The number of hydrogen-bond acceptors (Lipinski definition) is 4. The number of rotatable bonds is 6. The topological polar surface area (TPSA) is 70.6 Å². The maximum absolute atomic E-state index is 12.1. The van der Waals surface area contributed by atoms with Crippen molar-refractivity contribution >= 4 is 46.0 Å². The molecule has 24 heavy (non-hydrogen) atoms. The molecule has 1 aromatic rings. The van der Waals surface area contributed by atoms with Crippen molar-refractivity contribution in [1.29, 1.82) is 0 Å². The molecule has 0 aliphatic carbocycles. The van der Waals surface area contributed by atoms with Crippen LogP contribution in [0.25, 0.3) is 0 Å². The van der Waals surface area contributed by atoms with E-state index in [-0.39, 0.29) is 18.2 Å². The van der Waals surface area contributed by atoms with E-state index in [1.807, 2.05) is 13.0 Å². The summed E-state index contributed by atoms with van der Waals surface area (Å²) in [6.45, 7) is 6.84. The van der Waals surface area contributed by atoms with Crippen molar-refractivity contribution in [3.8, 4) is 0 Å². The minimum Gasteiger partial charge on any atom is -0.326 e. The molecule has 0 radical (unpaired) electrons. The number of halogens is 1. The predicted molar refractivity (Wildman–Crippen MR) is 101 cm³/mol. The van der Waals surface area contributed by atoms with Crippen LogP contribution in [0.1, 0.15) is 32.3 Å². The number of anilines is 1. The Morgan fingerprint density at radius 1 is 1.46 bits per heavy atom. The van der Waals surface area contributed by atoms with Gasteiger partial charge >= 0.3 is 0 Å². The average molecular weight is 368 g/mol. The highest BCUT2D eigenvalue weighted by Gasteiger charge is 2.31. The number of nitrogens with one attached hydrogen (secondary N) is 2. The predicted octanol–water partition coefficient (Wildman–Crippen LogP) is 3.61. The molecular weight excluding hydrogens is 346 g/mol. The van der Waals surface area contributed by atoms with Gasteiger partial charge < -0.3 is 10.6 Å². The van der Waals surface area contributed by atoms with E-state index in [1.54, 1.807) is 12.1 Å². The highest BCUT2D eigenvalue weighted by molar-refractivity contribution is 8.15. The van der Waals surface area contributed by atoms with Gasteiger partial charge in [0.15, 0.2) is 5.17 Å². The molecule has 1 fully saturated rings. The van der Waals surface area contributed by atoms with Crippen LogP contribution in [0.15, 0.2) is 23.2 Å². The van der Waals surface area contributed by atoms with E-state index >= 15 is 0 Å². The zero-order valence-corrected chi connectivity index (χ0v) is 15.6. The number of thioether (sulfide) groups is 1.